The van der Waals surface area contributed by atoms with E-state index in [0.717, 1.165) is 27.0 Å². The van der Waals surface area contributed by atoms with Crippen molar-refractivity contribution in [2.75, 3.05) is 10.6 Å². The Balaban J connectivity index is 2.19. The van der Waals surface area contributed by atoms with Crippen molar-refractivity contribution in [3.05, 3.63) is 58.1 Å². The molecule has 110 valence electrons. The molecule has 21 heavy (non-hydrogen) atoms. The second-order valence-corrected chi connectivity index (χ2v) is 6.11. The normalized spacial score (nSPS) is 10.5. The third-order valence-corrected chi connectivity index (χ3v) is 3.98. The van der Waals surface area contributed by atoms with Crippen molar-refractivity contribution in [1.29, 1.82) is 0 Å². The first-order chi connectivity index (χ1) is 9.99. The number of halogens is 1. The van der Waals surface area contributed by atoms with E-state index < -0.39 is 0 Å². The van der Waals surface area contributed by atoms with Gasteiger partial charge < -0.3 is 10.6 Å². The van der Waals surface area contributed by atoms with Gasteiger partial charge in [-0.05, 0) is 52.0 Å². The van der Waals surface area contributed by atoms with Crippen molar-refractivity contribution < 1.29 is 4.79 Å². The lowest BCUT2D eigenvalue weighted by molar-refractivity contribution is 0.262. The highest BCUT2D eigenvalue weighted by atomic mass is 79.9. The van der Waals surface area contributed by atoms with Crippen LogP contribution in [0.1, 0.15) is 30.9 Å². The summed E-state index contributed by atoms with van der Waals surface area (Å²) in [7, 11) is 0. The van der Waals surface area contributed by atoms with Crippen molar-refractivity contribution in [2.45, 2.75) is 26.7 Å². The molecule has 0 aliphatic heterocycles. The average Bonchev–Trinajstić information content (AvgIpc) is 2.43. The number of benzene rings is 2. The number of carbonyl (C=O) groups is 1. The third-order valence-electron chi connectivity index (χ3n) is 3.29. The molecule has 0 saturated carbocycles. The Bertz CT molecular complexity index is 653. The first-order valence-electron chi connectivity index (χ1n) is 6.91. The summed E-state index contributed by atoms with van der Waals surface area (Å²) in [6, 6.07) is 13.4. The molecule has 0 aromatic heterocycles. The van der Waals surface area contributed by atoms with E-state index in [4.69, 9.17) is 0 Å². The Morgan fingerprint density at radius 3 is 2.43 bits per heavy atom. The van der Waals surface area contributed by atoms with Crippen LogP contribution >= 0.6 is 15.9 Å². The van der Waals surface area contributed by atoms with Crippen molar-refractivity contribution in [3.63, 3.8) is 0 Å². The molecule has 0 atom stereocenters. The van der Waals surface area contributed by atoms with Gasteiger partial charge in [-0.3, -0.25) is 0 Å². The first kappa shape index (κ1) is 15.6. The Morgan fingerprint density at radius 2 is 1.76 bits per heavy atom. The summed E-state index contributed by atoms with van der Waals surface area (Å²) in [4.78, 5) is 12.2. The number of para-hydroxylation sites is 2. The largest absolute Gasteiger partial charge is 0.323 e. The number of amides is 2. The zero-order chi connectivity index (χ0) is 15.4. The van der Waals surface area contributed by atoms with Gasteiger partial charge >= 0.3 is 6.03 Å². The van der Waals surface area contributed by atoms with Gasteiger partial charge in [-0.15, -0.1) is 0 Å². The quantitative estimate of drug-likeness (QED) is 0.754. The molecule has 3 nitrogen and oxygen atoms in total. The molecule has 0 aliphatic carbocycles. The van der Waals surface area contributed by atoms with Crippen LogP contribution in [0.4, 0.5) is 16.2 Å². The van der Waals surface area contributed by atoms with Crippen LogP contribution < -0.4 is 10.6 Å². The van der Waals surface area contributed by atoms with E-state index in [-0.39, 0.29) is 6.03 Å². The zero-order valence-electron chi connectivity index (χ0n) is 12.4. The van der Waals surface area contributed by atoms with E-state index in [9.17, 15) is 4.79 Å². The topological polar surface area (TPSA) is 41.1 Å². The highest BCUT2D eigenvalue weighted by Gasteiger charge is 2.12. The Kier molecular flexibility index (Phi) is 5.02. The number of carbonyl (C=O) groups excluding carboxylic acids is 1. The number of nitrogens with one attached hydrogen (secondary N) is 2. The zero-order valence-corrected chi connectivity index (χ0v) is 14.0. The molecular weight excluding hydrogens is 328 g/mol. The minimum atomic E-state index is -0.238. The maximum Gasteiger partial charge on any atom is 0.323 e. The monoisotopic (exact) mass is 346 g/mol. The van der Waals surface area contributed by atoms with E-state index in [1.54, 1.807) is 0 Å². The van der Waals surface area contributed by atoms with Crippen LogP contribution in [0.3, 0.4) is 0 Å². The van der Waals surface area contributed by atoms with E-state index >= 15 is 0 Å². The van der Waals surface area contributed by atoms with Crippen LogP contribution in [0.15, 0.2) is 46.9 Å². The van der Waals surface area contributed by atoms with Crippen LogP contribution in [0.25, 0.3) is 0 Å². The summed E-state index contributed by atoms with van der Waals surface area (Å²) in [5.41, 5.74) is 3.83. The van der Waals surface area contributed by atoms with E-state index in [1.807, 2.05) is 49.4 Å². The van der Waals surface area contributed by atoms with Crippen molar-refractivity contribution >= 4 is 33.3 Å². The predicted octanol–water partition coefficient (Wildman–Crippen LogP) is 5.52. The molecule has 0 saturated heterocycles. The molecule has 0 aliphatic rings. The standard InChI is InChI=1S/C17H19BrN2O/c1-11(2)13-8-6-7-12(3)16(13)20-17(21)19-15-10-5-4-9-14(15)18/h4-11H,1-3H3,(H2,19,20,21). The molecule has 0 heterocycles. The first-order valence-corrected chi connectivity index (χ1v) is 7.70. The lowest BCUT2D eigenvalue weighted by atomic mass is 9.98. The van der Waals surface area contributed by atoms with Gasteiger partial charge in [-0.2, -0.15) is 0 Å². The predicted molar refractivity (Wildman–Crippen MR) is 92.1 cm³/mol. The fourth-order valence-electron chi connectivity index (χ4n) is 2.17. The van der Waals surface area contributed by atoms with Crippen LogP contribution in [-0.4, -0.2) is 6.03 Å². The van der Waals surface area contributed by atoms with Gasteiger partial charge in [0.1, 0.15) is 0 Å². The number of anilines is 2. The van der Waals surface area contributed by atoms with Crippen LogP contribution in [0, 0.1) is 6.92 Å². The number of rotatable bonds is 3. The van der Waals surface area contributed by atoms with E-state index in [1.165, 1.54) is 0 Å². The van der Waals surface area contributed by atoms with Gasteiger partial charge in [0, 0.05) is 10.2 Å². The molecule has 4 heteroatoms. The minimum absolute atomic E-state index is 0.238. The van der Waals surface area contributed by atoms with Gasteiger partial charge in [-0.1, -0.05) is 44.2 Å². The molecule has 2 aromatic rings. The van der Waals surface area contributed by atoms with Crippen molar-refractivity contribution in [3.8, 4) is 0 Å². The lowest BCUT2D eigenvalue weighted by Crippen LogP contribution is -2.21. The number of aryl methyl sites for hydroxylation is 1. The summed E-state index contributed by atoms with van der Waals surface area (Å²) in [6.45, 7) is 6.23. The summed E-state index contributed by atoms with van der Waals surface area (Å²) in [5.74, 6) is 0.351. The minimum Gasteiger partial charge on any atom is -0.307 e. The van der Waals surface area contributed by atoms with Gasteiger partial charge in [0.25, 0.3) is 0 Å². The van der Waals surface area contributed by atoms with Gasteiger partial charge in [-0.25, -0.2) is 4.79 Å². The average molecular weight is 347 g/mol. The van der Waals surface area contributed by atoms with Crippen molar-refractivity contribution in [2.24, 2.45) is 0 Å². The van der Waals surface area contributed by atoms with Crippen molar-refractivity contribution in [1.82, 2.24) is 0 Å². The SMILES string of the molecule is Cc1cccc(C(C)C)c1NC(=O)Nc1ccccc1Br. The van der Waals surface area contributed by atoms with Gasteiger partial charge in [0.15, 0.2) is 0 Å². The fourth-order valence-corrected chi connectivity index (χ4v) is 2.56. The summed E-state index contributed by atoms with van der Waals surface area (Å²) >= 11 is 3.42. The molecule has 0 fully saturated rings. The molecule has 0 radical (unpaired) electrons. The van der Waals surface area contributed by atoms with Gasteiger partial charge in [0.05, 0.1) is 5.69 Å². The molecule has 2 N–H and O–H groups in total. The number of urea groups is 1. The van der Waals surface area contributed by atoms with E-state index in [2.05, 4.69) is 40.4 Å². The highest BCUT2D eigenvalue weighted by molar-refractivity contribution is 9.10. The summed E-state index contributed by atoms with van der Waals surface area (Å²) in [5, 5.41) is 5.82. The third kappa shape index (κ3) is 3.85. The number of hydrogen-bond acceptors (Lipinski definition) is 1. The maximum absolute atomic E-state index is 12.2. The molecule has 2 aromatic carbocycles. The maximum atomic E-state index is 12.2. The molecule has 0 unspecified atom stereocenters. The van der Waals surface area contributed by atoms with Crippen LogP contribution in [0.2, 0.25) is 0 Å². The lowest BCUT2D eigenvalue weighted by Gasteiger charge is -2.17. The Labute approximate surface area is 133 Å². The van der Waals surface area contributed by atoms with Gasteiger partial charge in [0.2, 0.25) is 0 Å². The number of hydrogen-bond donors (Lipinski definition) is 2. The fraction of sp³-hybridized carbons (Fsp3) is 0.235. The second kappa shape index (κ2) is 6.76. The molecule has 2 rings (SSSR count). The molecule has 0 bridgehead atoms. The smallest absolute Gasteiger partial charge is 0.307 e. The van der Waals surface area contributed by atoms with Crippen LogP contribution in [-0.2, 0) is 0 Å². The summed E-state index contributed by atoms with van der Waals surface area (Å²) in [6.07, 6.45) is 0. The van der Waals surface area contributed by atoms with E-state index in [0.29, 0.717) is 5.92 Å². The Hall–Kier alpha value is -1.81. The molecule has 0 spiro atoms. The van der Waals surface area contributed by atoms with Crippen LogP contribution in [0.5, 0.6) is 0 Å². The highest BCUT2D eigenvalue weighted by Crippen LogP contribution is 2.28. The molecular formula is C17H19BrN2O. The Morgan fingerprint density at radius 1 is 1.05 bits per heavy atom. The second-order valence-electron chi connectivity index (χ2n) is 5.25. The summed E-state index contributed by atoms with van der Waals surface area (Å²) < 4.78 is 0.856. The molecule has 2 amide bonds.